The number of amides is 1. The SMILES string of the molecule is CC(=O)Nc1ccc(OS(=O)Nc2ccc(-c3ccc(CC4CCCc5ccc(O)cc54)cc3)cc2)cc1. The molecule has 0 fully saturated rings. The number of rotatable bonds is 8. The van der Waals surface area contributed by atoms with Crippen molar-refractivity contribution in [2.75, 3.05) is 10.0 Å². The summed E-state index contributed by atoms with van der Waals surface area (Å²) in [5, 5.41) is 12.6. The number of phenols is 1. The van der Waals surface area contributed by atoms with E-state index < -0.39 is 11.3 Å². The summed E-state index contributed by atoms with van der Waals surface area (Å²) >= 11 is -1.77. The van der Waals surface area contributed by atoms with E-state index in [2.05, 4.69) is 40.4 Å². The Morgan fingerprint density at radius 3 is 2.26 bits per heavy atom. The van der Waals surface area contributed by atoms with Crippen LogP contribution in [0.5, 0.6) is 11.5 Å². The van der Waals surface area contributed by atoms with E-state index in [9.17, 15) is 14.1 Å². The molecule has 1 aliphatic rings. The van der Waals surface area contributed by atoms with E-state index in [-0.39, 0.29) is 5.91 Å². The molecule has 0 aromatic heterocycles. The van der Waals surface area contributed by atoms with Gasteiger partial charge in [-0.15, -0.1) is 0 Å². The molecule has 1 amide bonds. The second-order valence-electron chi connectivity index (χ2n) is 9.58. The van der Waals surface area contributed by atoms with Crippen molar-refractivity contribution < 1.29 is 18.3 Å². The maximum atomic E-state index is 12.4. The molecular formula is C31H30N2O4S. The quantitative estimate of drug-likeness (QED) is 0.237. The largest absolute Gasteiger partial charge is 0.508 e. The highest BCUT2D eigenvalue weighted by Gasteiger charge is 2.21. The summed E-state index contributed by atoms with van der Waals surface area (Å²) in [5.41, 5.74) is 7.42. The van der Waals surface area contributed by atoms with Crippen LogP contribution in [-0.4, -0.2) is 15.2 Å². The average molecular weight is 527 g/mol. The van der Waals surface area contributed by atoms with Gasteiger partial charge >= 0.3 is 11.3 Å². The lowest BCUT2D eigenvalue weighted by Gasteiger charge is -2.26. The molecule has 5 rings (SSSR count). The molecule has 0 saturated carbocycles. The standard InChI is InChI=1S/C31H30N2O4S/c1-21(34)32-27-14-17-30(18-15-27)37-38(36)33-28-12-9-24(10-13-28)23-7-5-22(6-8-23)19-26-4-2-3-25-11-16-29(35)20-31(25)26/h5-18,20,26,33,35H,2-4,19H2,1H3,(H,32,34). The van der Waals surface area contributed by atoms with Crippen LogP contribution in [0.25, 0.3) is 11.1 Å². The number of benzene rings is 4. The molecule has 194 valence electrons. The molecule has 2 unspecified atom stereocenters. The number of fused-ring (bicyclic) bond motifs is 1. The molecule has 7 heteroatoms. The molecule has 0 bridgehead atoms. The fourth-order valence-electron chi connectivity index (χ4n) is 4.95. The molecule has 1 aliphatic carbocycles. The normalized spacial score (nSPS) is 15.2. The van der Waals surface area contributed by atoms with Gasteiger partial charge in [0.1, 0.15) is 11.5 Å². The average Bonchev–Trinajstić information content (AvgIpc) is 2.91. The number of phenolic OH excluding ortho intramolecular Hbond substituents is 1. The van der Waals surface area contributed by atoms with Gasteiger partial charge in [0, 0.05) is 18.3 Å². The molecule has 6 nitrogen and oxygen atoms in total. The van der Waals surface area contributed by atoms with Crippen molar-refractivity contribution in [2.45, 2.75) is 38.5 Å². The van der Waals surface area contributed by atoms with Crippen molar-refractivity contribution in [3.63, 3.8) is 0 Å². The number of anilines is 2. The molecule has 0 saturated heterocycles. The van der Waals surface area contributed by atoms with Crippen LogP contribution in [-0.2, 0) is 28.9 Å². The van der Waals surface area contributed by atoms with E-state index >= 15 is 0 Å². The minimum atomic E-state index is -1.77. The van der Waals surface area contributed by atoms with E-state index in [1.807, 2.05) is 30.3 Å². The summed E-state index contributed by atoms with van der Waals surface area (Å²) in [5.74, 6) is 1.04. The summed E-state index contributed by atoms with van der Waals surface area (Å²) in [6.07, 6.45) is 4.37. The van der Waals surface area contributed by atoms with Gasteiger partial charge in [-0.2, -0.15) is 4.21 Å². The van der Waals surface area contributed by atoms with Crippen molar-refractivity contribution in [2.24, 2.45) is 0 Å². The first-order valence-electron chi connectivity index (χ1n) is 12.7. The number of hydrogen-bond acceptors (Lipinski definition) is 4. The minimum Gasteiger partial charge on any atom is -0.508 e. The van der Waals surface area contributed by atoms with Gasteiger partial charge in [0.2, 0.25) is 5.91 Å². The van der Waals surface area contributed by atoms with E-state index in [1.54, 1.807) is 30.3 Å². The molecule has 0 heterocycles. The molecule has 3 N–H and O–H groups in total. The van der Waals surface area contributed by atoms with Crippen molar-refractivity contribution in [3.05, 3.63) is 108 Å². The Kier molecular flexibility index (Phi) is 7.75. The summed E-state index contributed by atoms with van der Waals surface area (Å²) in [6, 6.07) is 28.8. The summed E-state index contributed by atoms with van der Waals surface area (Å²) in [6.45, 7) is 1.44. The number of nitrogens with one attached hydrogen (secondary N) is 2. The predicted octanol–water partition coefficient (Wildman–Crippen LogP) is 6.75. The Hall–Kier alpha value is -4.10. The van der Waals surface area contributed by atoms with Gasteiger partial charge in [0.25, 0.3) is 0 Å². The van der Waals surface area contributed by atoms with Crippen LogP contribution in [0.3, 0.4) is 0 Å². The third kappa shape index (κ3) is 6.42. The smallest absolute Gasteiger partial charge is 0.316 e. The van der Waals surface area contributed by atoms with Crippen LogP contribution in [0.15, 0.2) is 91.0 Å². The minimum absolute atomic E-state index is 0.157. The van der Waals surface area contributed by atoms with Gasteiger partial charge in [-0.1, -0.05) is 42.5 Å². The van der Waals surface area contributed by atoms with E-state index in [0.29, 0.717) is 28.8 Å². The van der Waals surface area contributed by atoms with Gasteiger partial charge in [0.15, 0.2) is 0 Å². The maximum Gasteiger partial charge on any atom is 0.316 e. The molecule has 0 aliphatic heterocycles. The molecule has 0 radical (unpaired) electrons. The van der Waals surface area contributed by atoms with Gasteiger partial charge in [0.05, 0.1) is 0 Å². The molecule has 38 heavy (non-hydrogen) atoms. The van der Waals surface area contributed by atoms with Crippen LogP contribution >= 0.6 is 0 Å². The molecule has 4 aromatic rings. The fourth-order valence-corrected chi connectivity index (χ4v) is 5.60. The topological polar surface area (TPSA) is 87.7 Å². The van der Waals surface area contributed by atoms with Crippen LogP contribution in [0.1, 0.15) is 42.4 Å². The molecule has 2 atom stereocenters. The van der Waals surface area contributed by atoms with Gasteiger partial charge < -0.3 is 14.6 Å². The first kappa shape index (κ1) is 25.5. The van der Waals surface area contributed by atoms with Crippen molar-refractivity contribution in [1.82, 2.24) is 0 Å². The number of hydrogen-bond donors (Lipinski definition) is 3. The number of carbonyl (C=O) groups excluding carboxylic acids is 1. The highest BCUT2D eigenvalue weighted by atomic mass is 32.2. The summed E-state index contributed by atoms with van der Waals surface area (Å²) in [7, 11) is 0. The van der Waals surface area contributed by atoms with Crippen LogP contribution in [0.2, 0.25) is 0 Å². The van der Waals surface area contributed by atoms with Crippen molar-refractivity contribution in [3.8, 4) is 22.6 Å². The van der Waals surface area contributed by atoms with Gasteiger partial charge in [-0.3, -0.25) is 9.52 Å². The zero-order valence-electron chi connectivity index (χ0n) is 21.1. The zero-order chi connectivity index (χ0) is 26.5. The van der Waals surface area contributed by atoms with Gasteiger partial charge in [-0.25, -0.2) is 0 Å². The van der Waals surface area contributed by atoms with E-state index in [0.717, 1.165) is 30.4 Å². The lowest BCUT2D eigenvalue weighted by molar-refractivity contribution is -0.114. The third-order valence-electron chi connectivity index (χ3n) is 6.77. The Bertz CT molecular complexity index is 1430. The Labute approximate surface area is 225 Å². The maximum absolute atomic E-state index is 12.4. The lowest BCUT2D eigenvalue weighted by atomic mass is 9.79. The number of carbonyl (C=O) groups is 1. The Morgan fingerprint density at radius 1 is 0.921 bits per heavy atom. The first-order valence-corrected chi connectivity index (χ1v) is 13.8. The van der Waals surface area contributed by atoms with Crippen molar-refractivity contribution in [1.29, 1.82) is 0 Å². The lowest BCUT2D eigenvalue weighted by Crippen LogP contribution is -2.12. The highest BCUT2D eigenvalue weighted by Crippen LogP contribution is 2.36. The third-order valence-corrected chi connectivity index (χ3v) is 7.52. The number of aromatic hydroxyl groups is 1. The zero-order valence-corrected chi connectivity index (χ0v) is 22.0. The second kappa shape index (κ2) is 11.5. The van der Waals surface area contributed by atoms with Gasteiger partial charge in [-0.05, 0) is 108 Å². The summed E-state index contributed by atoms with van der Waals surface area (Å²) in [4.78, 5) is 11.1. The predicted molar refractivity (Wildman–Crippen MR) is 153 cm³/mol. The highest BCUT2D eigenvalue weighted by molar-refractivity contribution is 7.81. The van der Waals surface area contributed by atoms with Crippen molar-refractivity contribution >= 4 is 28.5 Å². The second-order valence-corrected chi connectivity index (χ2v) is 10.4. The van der Waals surface area contributed by atoms with E-state index in [1.165, 1.54) is 30.0 Å². The first-order chi connectivity index (χ1) is 18.4. The molecule has 0 spiro atoms. The van der Waals surface area contributed by atoms with Crippen LogP contribution in [0.4, 0.5) is 11.4 Å². The Balaban J connectivity index is 1.17. The molecular weight excluding hydrogens is 496 g/mol. The van der Waals surface area contributed by atoms with Crippen LogP contribution in [0, 0.1) is 0 Å². The van der Waals surface area contributed by atoms with E-state index in [4.69, 9.17) is 4.18 Å². The fraction of sp³-hybridized carbons (Fsp3) is 0.194. The van der Waals surface area contributed by atoms with Crippen LogP contribution < -0.4 is 14.2 Å². The summed E-state index contributed by atoms with van der Waals surface area (Å²) < 4.78 is 20.7. The molecule has 4 aromatic carbocycles. The number of aryl methyl sites for hydroxylation is 1. The Morgan fingerprint density at radius 2 is 1.58 bits per heavy atom. The monoisotopic (exact) mass is 526 g/mol.